The third-order valence-corrected chi connectivity index (χ3v) is 3.13. The van der Waals surface area contributed by atoms with Gasteiger partial charge in [-0.2, -0.15) is 5.10 Å². The minimum absolute atomic E-state index is 0.0591. The predicted octanol–water partition coefficient (Wildman–Crippen LogP) is 0.406. The van der Waals surface area contributed by atoms with Gasteiger partial charge in [-0.25, -0.2) is 9.97 Å². The van der Waals surface area contributed by atoms with E-state index < -0.39 is 5.91 Å². The zero-order valence-electron chi connectivity index (χ0n) is 12.5. The Morgan fingerprint density at radius 3 is 2.79 bits per heavy atom. The van der Waals surface area contributed by atoms with Crippen LogP contribution in [0.4, 0.5) is 11.6 Å². The Labute approximate surface area is 135 Å². The van der Waals surface area contributed by atoms with Gasteiger partial charge in [0.25, 0.3) is 5.91 Å². The molecule has 0 saturated heterocycles. The molecule has 122 valence electrons. The van der Waals surface area contributed by atoms with Gasteiger partial charge in [-0.1, -0.05) is 0 Å². The minimum atomic E-state index is -0.661. The van der Waals surface area contributed by atoms with E-state index in [4.69, 9.17) is 10.5 Å². The Morgan fingerprint density at radius 2 is 2.12 bits per heavy atom. The molecule has 3 aromatic heterocycles. The highest BCUT2D eigenvalue weighted by Crippen LogP contribution is 2.24. The van der Waals surface area contributed by atoms with Crippen LogP contribution in [0.5, 0.6) is 5.88 Å². The molecule has 0 aliphatic rings. The molecular weight excluding hydrogens is 314 g/mol. The van der Waals surface area contributed by atoms with Crippen LogP contribution in [0.1, 0.15) is 10.5 Å². The number of hydrogen-bond donors (Lipinski definition) is 4. The second-order valence-corrected chi connectivity index (χ2v) is 4.69. The van der Waals surface area contributed by atoms with E-state index in [1.807, 2.05) is 0 Å². The normalized spacial score (nSPS) is 10.4. The summed E-state index contributed by atoms with van der Waals surface area (Å²) >= 11 is 0. The van der Waals surface area contributed by atoms with E-state index in [1.165, 1.54) is 31.8 Å². The van der Waals surface area contributed by atoms with Gasteiger partial charge in [-0.05, 0) is 0 Å². The number of hydrogen-bond acceptors (Lipinski definition) is 7. The number of aromatic amines is 2. The van der Waals surface area contributed by atoms with Crippen molar-refractivity contribution in [3.63, 3.8) is 0 Å². The van der Waals surface area contributed by atoms with E-state index in [0.29, 0.717) is 28.8 Å². The Hall–Kier alpha value is -3.69. The third kappa shape index (κ3) is 2.92. The summed E-state index contributed by atoms with van der Waals surface area (Å²) in [5.74, 6) is 0.443. The van der Waals surface area contributed by atoms with Crippen LogP contribution in [0.3, 0.4) is 0 Å². The number of nitrogens with two attached hydrogens (primary N) is 1. The standard InChI is InChI=1S/C14H13N7O3/c1-24-14-12(9(22)2-3-16-14)7-4-10(21-20-7)19-11-6-17-8(5-18-11)13(15)23/h2-6H,1H3,(H2,15,23)(H,16,22)(H2,18,19,20,21). The molecule has 0 spiro atoms. The summed E-state index contributed by atoms with van der Waals surface area (Å²) in [5, 5.41) is 9.71. The van der Waals surface area contributed by atoms with Crippen LogP contribution >= 0.6 is 0 Å². The molecule has 0 aliphatic carbocycles. The van der Waals surface area contributed by atoms with E-state index in [9.17, 15) is 9.59 Å². The van der Waals surface area contributed by atoms with Crippen molar-refractivity contribution in [2.24, 2.45) is 5.73 Å². The van der Waals surface area contributed by atoms with Crippen LogP contribution in [-0.2, 0) is 0 Å². The fourth-order valence-electron chi connectivity index (χ4n) is 2.04. The van der Waals surface area contributed by atoms with Gasteiger partial charge in [0.2, 0.25) is 5.88 Å². The maximum atomic E-state index is 12.0. The first kappa shape index (κ1) is 15.2. The van der Waals surface area contributed by atoms with Gasteiger partial charge < -0.3 is 20.8 Å². The SMILES string of the molecule is COc1[nH]ccc(=O)c1-c1cc(Nc2cnc(C(N)=O)cn2)n[nH]1. The number of carbonyl (C=O) groups is 1. The number of H-pyrrole nitrogens is 2. The summed E-state index contributed by atoms with van der Waals surface area (Å²) in [6.45, 7) is 0. The lowest BCUT2D eigenvalue weighted by atomic mass is 10.2. The van der Waals surface area contributed by atoms with Crippen LogP contribution in [0, 0.1) is 0 Å². The lowest BCUT2D eigenvalue weighted by Gasteiger charge is -2.04. The number of primary amides is 1. The molecule has 3 rings (SSSR count). The summed E-state index contributed by atoms with van der Waals surface area (Å²) in [7, 11) is 1.46. The maximum Gasteiger partial charge on any atom is 0.268 e. The van der Waals surface area contributed by atoms with Crippen molar-refractivity contribution < 1.29 is 9.53 Å². The Kier molecular flexibility index (Phi) is 3.93. The smallest absolute Gasteiger partial charge is 0.268 e. The highest BCUT2D eigenvalue weighted by Gasteiger charge is 2.14. The van der Waals surface area contributed by atoms with Gasteiger partial charge in [0, 0.05) is 18.3 Å². The first-order valence-electron chi connectivity index (χ1n) is 6.79. The number of anilines is 2. The molecule has 0 aromatic carbocycles. The topological polar surface area (TPSA) is 152 Å². The first-order valence-corrected chi connectivity index (χ1v) is 6.79. The summed E-state index contributed by atoms with van der Waals surface area (Å²) in [6, 6.07) is 3.01. The fraction of sp³-hybridized carbons (Fsp3) is 0.0714. The molecule has 3 aromatic rings. The second kappa shape index (κ2) is 6.20. The van der Waals surface area contributed by atoms with Crippen molar-refractivity contribution in [2.45, 2.75) is 0 Å². The minimum Gasteiger partial charge on any atom is -0.482 e. The molecule has 24 heavy (non-hydrogen) atoms. The van der Waals surface area contributed by atoms with Crippen LogP contribution in [0.2, 0.25) is 0 Å². The number of rotatable bonds is 5. The monoisotopic (exact) mass is 327 g/mol. The molecule has 0 radical (unpaired) electrons. The first-order chi connectivity index (χ1) is 11.6. The molecule has 0 unspecified atom stereocenters. The molecule has 1 amide bonds. The van der Waals surface area contributed by atoms with E-state index in [2.05, 4.69) is 30.5 Å². The molecule has 0 fully saturated rings. The van der Waals surface area contributed by atoms with Crippen molar-refractivity contribution in [3.8, 4) is 17.1 Å². The van der Waals surface area contributed by atoms with Crippen LogP contribution in [0.25, 0.3) is 11.3 Å². The molecule has 10 heteroatoms. The van der Waals surface area contributed by atoms with Crippen molar-refractivity contribution in [2.75, 3.05) is 12.4 Å². The number of ether oxygens (including phenoxy) is 1. The Balaban J connectivity index is 1.86. The van der Waals surface area contributed by atoms with Crippen molar-refractivity contribution in [1.82, 2.24) is 25.1 Å². The second-order valence-electron chi connectivity index (χ2n) is 4.69. The average Bonchev–Trinajstić information content (AvgIpc) is 3.03. The van der Waals surface area contributed by atoms with E-state index in [0.717, 1.165) is 0 Å². The Morgan fingerprint density at radius 1 is 1.29 bits per heavy atom. The molecule has 5 N–H and O–H groups in total. The average molecular weight is 327 g/mol. The third-order valence-electron chi connectivity index (χ3n) is 3.13. The van der Waals surface area contributed by atoms with Crippen molar-refractivity contribution >= 4 is 17.5 Å². The van der Waals surface area contributed by atoms with E-state index in [-0.39, 0.29) is 11.1 Å². The highest BCUT2D eigenvalue weighted by atomic mass is 16.5. The van der Waals surface area contributed by atoms with Gasteiger partial charge in [0.15, 0.2) is 11.2 Å². The predicted molar refractivity (Wildman–Crippen MR) is 85.0 cm³/mol. The highest BCUT2D eigenvalue weighted by molar-refractivity contribution is 5.90. The van der Waals surface area contributed by atoms with Gasteiger partial charge in [0.1, 0.15) is 17.1 Å². The molecule has 0 atom stereocenters. The number of aromatic nitrogens is 5. The quantitative estimate of drug-likeness (QED) is 0.529. The molecule has 10 nitrogen and oxygen atoms in total. The molecule has 0 bridgehead atoms. The number of nitrogens with zero attached hydrogens (tertiary/aromatic N) is 3. The lowest BCUT2D eigenvalue weighted by molar-refractivity contribution is 0.0995. The van der Waals surface area contributed by atoms with E-state index >= 15 is 0 Å². The zero-order valence-corrected chi connectivity index (χ0v) is 12.5. The number of pyridine rings is 1. The van der Waals surface area contributed by atoms with Crippen LogP contribution < -0.4 is 21.2 Å². The fourth-order valence-corrected chi connectivity index (χ4v) is 2.04. The number of amides is 1. The lowest BCUT2D eigenvalue weighted by Crippen LogP contribution is -2.13. The van der Waals surface area contributed by atoms with E-state index in [1.54, 1.807) is 6.07 Å². The number of carbonyl (C=O) groups excluding carboxylic acids is 1. The van der Waals surface area contributed by atoms with Crippen molar-refractivity contribution in [3.05, 3.63) is 46.6 Å². The maximum absolute atomic E-state index is 12.0. The molecule has 0 saturated carbocycles. The van der Waals surface area contributed by atoms with Gasteiger partial charge in [-0.3, -0.25) is 14.7 Å². The summed E-state index contributed by atoms with van der Waals surface area (Å²) < 4.78 is 5.15. The molecule has 3 heterocycles. The number of methoxy groups -OCH3 is 1. The van der Waals surface area contributed by atoms with Crippen LogP contribution in [-0.4, -0.2) is 38.2 Å². The van der Waals surface area contributed by atoms with Crippen molar-refractivity contribution in [1.29, 1.82) is 0 Å². The Bertz CT molecular complexity index is 930. The van der Waals surface area contributed by atoms with Gasteiger partial charge >= 0.3 is 0 Å². The summed E-state index contributed by atoms with van der Waals surface area (Å²) in [4.78, 5) is 33.7. The number of nitrogens with one attached hydrogen (secondary N) is 3. The van der Waals surface area contributed by atoms with Gasteiger partial charge in [0.05, 0.1) is 25.2 Å². The van der Waals surface area contributed by atoms with Crippen LogP contribution in [0.15, 0.2) is 35.5 Å². The summed E-state index contributed by atoms with van der Waals surface area (Å²) in [6.07, 6.45) is 4.10. The zero-order chi connectivity index (χ0) is 17.1. The summed E-state index contributed by atoms with van der Waals surface area (Å²) in [5.41, 5.74) is 5.74. The largest absolute Gasteiger partial charge is 0.482 e. The molecule has 0 aliphatic heterocycles. The molecular formula is C14H13N7O3. The van der Waals surface area contributed by atoms with Gasteiger partial charge in [-0.15, -0.1) is 0 Å².